The molecule has 0 fully saturated rings. The molecule has 140 valence electrons. The summed E-state index contributed by atoms with van der Waals surface area (Å²) in [6.07, 6.45) is 1.49. The van der Waals surface area contributed by atoms with Crippen LogP contribution in [0.3, 0.4) is 0 Å². The first-order valence-electron chi connectivity index (χ1n) is 8.48. The maximum absolute atomic E-state index is 12.5. The maximum Gasteiger partial charge on any atom is 0.230 e. The minimum Gasteiger partial charge on any atom is -0.497 e. The lowest BCUT2D eigenvalue weighted by atomic mass is 10.1. The molecule has 4 rings (SSSR count). The van der Waals surface area contributed by atoms with Gasteiger partial charge in [-0.05, 0) is 17.7 Å². The highest BCUT2D eigenvalue weighted by Gasteiger charge is 2.19. The Balaban J connectivity index is 1.59. The summed E-state index contributed by atoms with van der Waals surface area (Å²) in [5, 5.41) is 7.25. The Labute approximate surface area is 165 Å². The van der Waals surface area contributed by atoms with Gasteiger partial charge in [0.1, 0.15) is 10.6 Å². The van der Waals surface area contributed by atoms with Gasteiger partial charge in [0.15, 0.2) is 5.13 Å². The molecule has 0 aliphatic rings. The highest BCUT2D eigenvalue weighted by Crippen LogP contribution is 2.37. The number of carbonyl (C=O) groups is 1. The molecular formula is C20H16N4O3S. The number of carbonyl (C=O) groups excluding carboxylic acids is 1. The predicted octanol–water partition coefficient (Wildman–Crippen LogP) is 4.05. The normalized spacial score (nSPS) is 10.6. The van der Waals surface area contributed by atoms with Crippen LogP contribution in [0.5, 0.6) is 5.75 Å². The summed E-state index contributed by atoms with van der Waals surface area (Å²) in [4.78, 5) is 21.9. The molecule has 7 nitrogen and oxygen atoms in total. The van der Waals surface area contributed by atoms with Gasteiger partial charge in [0.25, 0.3) is 0 Å². The fraction of sp³-hybridized carbons (Fsp3) is 0.100. The number of hydrogen-bond acceptors (Lipinski definition) is 7. The second kappa shape index (κ2) is 8.01. The molecule has 0 atom stereocenters. The molecule has 0 saturated carbocycles. The van der Waals surface area contributed by atoms with E-state index in [2.05, 4.69) is 20.4 Å². The van der Waals surface area contributed by atoms with Gasteiger partial charge in [0.05, 0.1) is 19.2 Å². The average Bonchev–Trinajstić information content (AvgIpc) is 3.38. The quantitative estimate of drug-likeness (QED) is 0.532. The fourth-order valence-electron chi connectivity index (χ4n) is 2.72. The Hall–Kier alpha value is -3.52. The number of ether oxygens (including phenoxy) is 1. The number of anilines is 1. The van der Waals surface area contributed by atoms with Crippen LogP contribution in [0.1, 0.15) is 5.56 Å². The Morgan fingerprint density at radius 3 is 2.79 bits per heavy atom. The molecule has 28 heavy (non-hydrogen) atoms. The molecule has 0 aliphatic heterocycles. The first kappa shape index (κ1) is 17.9. The molecule has 1 N–H and O–H groups in total. The van der Waals surface area contributed by atoms with Crippen molar-refractivity contribution in [2.45, 2.75) is 6.42 Å². The summed E-state index contributed by atoms with van der Waals surface area (Å²) in [5.74, 6) is 0.983. The molecule has 0 unspecified atom stereocenters. The summed E-state index contributed by atoms with van der Waals surface area (Å²) in [7, 11) is 1.60. The van der Waals surface area contributed by atoms with Gasteiger partial charge in [-0.25, -0.2) is 4.98 Å². The van der Waals surface area contributed by atoms with Gasteiger partial charge in [-0.2, -0.15) is 4.98 Å². The van der Waals surface area contributed by atoms with E-state index >= 15 is 0 Å². The summed E-state index contributed by atoms with van der Waals surface area (Å²) in [5.41, 5.74) is 2.46. The second-order valence-corrected chi connectivity index (χ2v) is 6.89. The Kier molecular flexibility index (Phi) is 5.11. The van der Waals surface area contributed by atoms with E-state index in [1.165, 1.54) is 17.7 Å². The van der Waals surface area contributed by atoms with E-state index < -0.39 is 0 Å². The number of amides is 1. The zero-order valence-electron chi connectivity index (χ0n) is 15.0. The summed E-state index contributed by atoms with van der Waals surface area (Å²) in [6.45, 7) is 0. The van der Waals surface area contributed by atoms with E-state index in [-0.39, 0.29) is 12.3 Å². The van der Waals surface area contributed by atoms with Crippen LogP contribution in [0.25, 0.3) is 22.0 Å². The minimum atomic E-state index is -0.165. The molecule has 0 aliphatic carbocycles. The number of benzene rings is 2. The average molecular weight is 392 g/mol. The lowest BCUT2D eigenvalue weighted by Gasteiger charge is -2.04. The molecule has 0 saturated heterocycles. The largest absolute Gasteiger partial charge is 0.497 e. The molecule has 2 heterocycles. The summed E-state index contributed by atoms with van der Waals surface area (Å²) >= 11 is 1.31. The number of methoxy groups -OCH3 is 1. The number of nitrogens with zero attached hydrogens (tertiary/aromatic N) is 3. The van der Waals surface area contributed by atoms with Gasteiger partial charge >= 0.3 is 0 Å². The molecule has 0 bridgehead atoms. The van der Waals surface area contributed by atoms with Crippen LogP contribution in [0.2, 0.25) is 0 Å². The van der Waals surface area contributed by atoms with Crippen molar-refractivity contribution in [3.8, 4) is 27.7 Å². The lowest BCUT2D eigenvalue weighted by Crippen LogP contribution is -2.14. The van der Waals surface area contributed by atoms with E-state index in [4.69, 9.17) is 9.26 Å². The SMILES string of the molecule is COc1cccc(CC(=O)Nc2nc(-c3ccccc3)c(-c3ncon3)s2)c1. The van der Waals surface area contributed by atoms with Crippen LogP contribution in [0.4, 0.5) is 5.13 Å². The number of thiazole rings is 1. The van der Waals surface area contributed by atoms with Crippen LogP contribution in [0.15, 0.2) is 65.5 Å². The zero-order chi connectivity index (χ0) is 19.3. The zero-order valence-corrected chi connectivity index (χ0v) is 15.8. The monoisotopic (exact) mass is 392 g/mol. The third kappa shape index (κ3) is 3.91. The molecule has 2 aromatic carbocycles. The molecule has 1 amide bonds. The van der Waals surface area contributed by atoms with Crippen LogP contribution >= 0.6 is 11.3 Å². The first-order chi connectivity index (χ1) is 13.7. The number of rotatable bonds is 6. The molecule has 0 radical (unpaired) electrons. The van der Waals surface area contributed by atoms with Gasteiger partial charge in [0.2, 0.25) is 18.1 Å². The molecular weight excluding hydrogens is 376 g/mol. The van der Waals surface area contributed by atoms with Crippen LogP contribution in [-0.2, 0) is 11.2 Å². The van der Waals surface area contributed by atoms with Crippen molar-refractivity contribution in [1.82, 2.24) is 15.1 Å². The van der Waals surface area contributed by atoms with Gasteiger partial charge in [-0.3, -0.25) is 4.79 Å². The number of nitrogens with one attached hydrogen (secondary N) is 1. The highest BCUT2D eigenvalue weighted by molar-refractivity contribution is 7.19. The summed E-state index contributed by atoms with van der Waals surface area (Å²) < 4.78 is 10.1. The van der Waals surface area contributed by atoms with Crippen molar-refractivity contribution in [3.05, 3.63) is 66.6 Å². The first-order valence-corrected chi connectivity index (χ1v) is 9.30. The van der Waals surface area contributed by atoms with E-state index in [9.17, 15) is 4.79 Å². The molecule has 4 aromatic rings. The molecule has 8 heteroatoms. The van der Waals surface area contributed by atoms with E-state index in [0.29, 0.717) is 22.4 Å². The third-order valence-electron chi connectivity index (χ3n) is 3.98. The highest BCUT2D eigenvalue weighted by atomic mass is 32.1. The van der Waals surface area contributed by atoms with E-state index in [1.807, 2.05) is 54.6 Å². The lowest BCUT2D eigenvalue weighted by molar-refractivity contribution is -0.115. The van der Waals surface area contributed by atoms with Crippen molar-refractivity contribution in [2.24, 2.45) is 0 Å². The van der Waals surface area contributed by atoms with Gasteiger partial charge in [-0.1, -0.05) is 59.0 Å². The minimum absolute atomic E-state index is 0.165. The smallest absolute Gasteiger partial charge is 0.230 e. The van der Waals surface area contributed by atoms with Gasteiger partial charge in [0, 0.05) is 5.56 Å². The van der Waals surface area contributed by atoms with Crippen molar-refractivity contribution in [3.63, 3.8) is 0 Å². The maximum atomic E-state index is 12.5. The molecule has 2 aromatic heterocycles. The van der Waals surface area contributed by atoms with Crippen molar-refractivity contribution < 1.29 is 14.1 Å². The topological polar surface area (TPSA) is 90.1 Å². The number of aromatic nitrogens is 3. The standard InChI is InChI=1S/C20H16N4O3S/c1-26-15-9-5-6-13(10-15)11-16(25)22-20-23-17(14-7-3-2-4-8-14)18(28-20)19-21-12-27-24-19/h2-10,12H,11H2,1H3,(H,22,23,25). The van der Waals surface area contributed by atoms with Gasteiger partial charge < -0.3 is 14.6 Å². The van der Waals surface area contributed by atoms with Crippen molar-refractivity contribution in [2.75, 3.05) is 12.4 Å². The summed E-state index contributed by atoms with van der Waals surface area (Å²) in [6, 6.07) is 17.1. The predicted molar refractivity (Wildman–Crippen MR) is 106 cm³/mol. The van der Waals surface area contributed by atoms with Crippen LogP contribution < -0.4 is 10.1 Å². The van der Waals surface area contributed by atoms with Crippen molar-refractivity contribution >= 4 is 22.4 Å². The second-order valence-electron chi connectivity index (χ2n) is 5.89. The van der Waals surface area contributed by atoms with Crippen LogP contribution in [-0.4, -0.2) is 28.1 Å². The van der Waals surface area contributed by atoms with Gasteiger partial charge in [-0.15, -0.1) is 0 Å². The molecule has 0 spiro atoms. The van der Waals surface area contributed by atoms with E-state index in [1.54, 1.807) is 7.11 Å². The van der Waals surface area contributed by atoms with E-state index in [0.717, 1.165) is 16.0 Å². The Bertz CT molecular complexity index is 1080. The third-order valence-corrected chi connectivity index (χ3v) is 4.95. The number of hydrogen-bond donors (Lipinski definition) is 1. The van der Waals surface area contributed by atoms with Crippen LogP contribution in [0, 0.1) is 0 Å². The Morgan fingerprint density at radius 2 is 2.04 bits per heavy atom. The fourth-order valence-corrected chi connectivity index (χ4v) is 3.66. The van der Waals surface area contributed by atoms with Crippen molar-refractivity contribution in [1.29, 1.82) is 0 Å². The Morgan fingerprint density at radius 1 is 1.18 bits per heavy atom.